The Hall–Kier alpha value is -3.47. The van der Waals surface area contributed by atoms with E-state index in [-0.39, 0.29) is 5.91 Å². The smallest absolute Gasteiger partial charge is 0.343 e. The Bertz CT molecular complexity index is 1200. The van der Waals surface area contributed by atoms with E-state index in [2.05, 4.69) is 17.5 Å². The van der Waals surface area contributed by atoms with E-state index in [1.54, 1.807) is 24.4 Å². The second-order valence-electron chi connectivity index (χ2n) is 10.0. The number of amides is 1. The summed E-state index contributed by atoms with van der Waals surface area (Å²) in [5.74, 6) is -0.131. The first-order valence-electron chi connectivity index (χ1n) is 14.2. The van der Waals surface area contributed by atoms with Gasteiger partial charge in [-0.15, -0.1) is 0 Å². The standard InChI is InChI=1S/C33H42N2O3/c1-3-4-5-6-7-8-9-10-11-12-13-21-32(36)35-34-25-30-29-20-15-14-18-27(29)22-23-31(30)38-33(37)28-19-16-17-26(2)24-28/h14-20,22-25H,3-13,21H2,1-2H3,(H,35,36)/b34-25-. The highest BCUT2D eigenvalue weighted by Gasteiger charge is 2.14. The number of nitrogens with one attached hydrogen (secondary N) is 1. The molecule has 1 amide bonds. The van der Waals surface area contributed by atoms with E-state index in [1.807, 2.05) is 49.4 Å². The fourth-order valence-corrected chi connectivity index (χ4v) is 4.60. The van der Waals surface area contributed by atoms with Crippen molar-refractivity contribution in [2.24, 2.45) is 5.10 Å². The van der Waals surface area contributed by atoms with Gasteiger partial charge in [-0.25, -0.2) is 10.2 Å². The van der Waals surface area contributed by atoms with Crippen molar-refractivity contribution in [1.29, 1.82) is 0 Å². The largest absolute Gasteiger partial charge is 0.422 e. The molecule has 0 bridgehead atoms. The third-order valence-corrected chi connectivity index (χ3v) is 6.78. The van der Waals surface area contributed by atoms with Gasteiger partial charge in [0, 0.05) is 12.0 Å². The zero-order valence-electron chi connectivity index (χ0n) is 23.0. The molecule has 0 heterocycles. The molecule has 0 aliphatic heterocycles. The van der Waals surface area contributed by atoms with E-state index in [1.165, 1.54) is 57.8 Å². The molecule has 0 aliphatic rings. The summed E-state index contributed by atoms with van der Waals surface area (Å²) in [4.78, 5) is 25.1. The van der Waals surface area contributed by atoms with Gasteiger partial charge in [0.25, 0.3) is 0 Å². The highest BCUT2D eigenvalue weighted by atomic mass is 16.5. The highest BCUT2D eigenvalue weighted by Crippen LogP contribution is 2.27. The fourth-order valence-electron chi connectivity index (χ4n) is 4.60. The van der Waals surface area contributed by atoms with Crippen molar-refractivity contribution in [2.75, 3.05) is 0 Å². The molecule has 1 N–H and O–H groups in total. The molecule has 0 unspecified atom stereocenters. The summed E-state index contributed by atoms with van der Waals surface area (Å²) >= 11 is 0. The molecule has 0 radical (unpaired) electrons. The topological polar surface area (TPSA) is 67.8 Å². The average Bonchev–Trinajstić information content (AvgIpc) is 2.92. The number of carbonyl (C=O) groups excluding carboxylic acids is 2. The Labute approximate surface area is 227 Å². The van der Waals surface area contributed by atoms with E-state index in [4.69, 9.17) is 4.74 Å². The molecule has 38 heavy (non-hydrogen) atoms. The lowest BCUT2D eigenvalue weighted by molar-refractivity contribution is -0.121. The molecular formula is C33H42N2O3. The Morgan fingerprint density at radius 1 is 0.816 bits per heavy atom. The first-order chi connectivity index (χ1) is 18.6. The minimum atomic E-state index is -0.431. The van der Waals surface area contributed by atoms with E-state index in [0.29, 0.717) is 23.3 Å². The van der Waals surface area contributed by atoms with Crippen LogP contribution in [0.1, 0.15) is 105 Å². The lowest BCUT2D eigenvalue weighted by Crippen LogP contribution is -2.17. The third kappa shape index (κ3) is 9.77. The third-order valence-electron chi connectivity index (χ3n) is 6.78. The molecule has 3 rings (SSSR count). The molecule has 5 nitrogen and oxygen atoms in total. The minimum Gasteiger partial charge on any atom is -0.422 e. The van der Waals surface area contributed by atoms with Crippen LogP contribution in [0.3, 0.4) is 0 Å². The maximum atomic E-state index is 12.8. The van der Waals surface area contributed by atoms with Crippen LogP contribution in [0.2, 0.25) is 0 Å². The number of hydrogen-bond donors (Lipinski definition) is 1. The van der Waals surface area contributed by atoms with Crippen LogP contribution >= 0.6 is 0 Å². The van der Waals surface area contributed by atoms with E-state index in [0.717, 1.165) is 29.2 Å². The van der Waals surface area contributed by atoms with Gasteiger partial charge in [-0.3, -0.25) is 4.79 Å². The van der Waals surface area contributed by atoms with Crippen LogP contribution in [0.15, 0.2) is 65.8 Å². The Morgan fingerprint density at radius 3 is 2.21 bits per heavy atom. The Morgan fingerprint density at radius 2 is 1.50 bits per heavy atom. The predicted octanol–water partition coefficient (Wildman–Crippen LogP) is 8.52. The maximum absolute atomic E-state index is 12.8. The van der Waals surface area contributed by atoms with Crippen molar-refractivity contribution in [3.63, 3.8) is 0 Å². The first-order valence-corrected chi connectivity index (χ1v) is 14.2. The van der Waals surface area contributed by atoms with Crippen LogP contribution in [0.5, 0.6) is 5.75 Å². The van der Waals surface area contributed by atoms with Crippen LogP contribution in [0, 0.1) is 6.92 Å². The van der Waals surface area contributed by atoms with Crippen molar-refractivity contribution in [1.82, 2.24) is 5.43 Å². The SMILES string of the molecule is CCCCCCCCCCCCCC(=O)N/N=C\c1c(OC(=O)c2cccc(C)c2)ccc2ccccc12. The number of hydrogen-bond acceptors (Lipinski definition) is 4. The van der Waals surface area contributed by atoms with Gasteiger partial charge >= 0.3 is 5.97 Å². The molecule has 0 saturated carbocycles. The normalized spacial score (nSPS) is 11.2. The van der Waals surface area contributed by atoms with Crippen LogP contribution < -0.4 is 10.2 Å². The van der Waals surface area contributed by atoms with Gasteiger partial charge in [-0.2, -0.15) is 5.10 Å². The van der Waals surface area contributed by atoms with Crippen molar-refractivity contribution in [3.8, 4) is 5.75 Å². The summed E-state index contributed by atoms with van der Waals surface area (Å²) in [6, 6.07) is 18.8. The summed E-state index contributed by atoms with van der Waals surface area (Å²) in [7, 11) is 0. The zero-order chi connectivity index (χ0) is 27.0. The maximum Gasteiger partial charge on any atom is 0.343 e. The molecule has 0 atom stereocenters. The van der Waals surface area contributed by atoms with Crippen LogP contribution in [0.25, 0.3) is 10.8 Å². The number of hydrazone groups is 1. The number of carbonyl (C=O) groups is 2. The summed E-state index contributed by atoms with van der Waals surface area (Å²) in [6.45, 7) is 4.19. The van der Waals surface area contributed by atoms with Crippen molar-refractivity contribution >= 4 is 28.9 Å². The predicted molar refractivity (Wildman–Crippen MR) is 157 cm³/mol. The van der Waals surface area contributed by atoms with Gasteiger partial charge in [-0.05, 0) is 42.3 Å². The van der Waals surface area contributed by atoms with Gasteiger partial charge in [0.1, 0.15) is 5.75 Å². The molecule has 3 aromatic carbocycles. The molecule has 5 heteroatoms. The number of rotatable bonds is 16. The Balaban J connectivity index is 1.48. The van der Waals surface area contributed by atoms with Gasteiger partial charge < -0.3 is 4.74 Å². The number of unbranched alkanes of at least 4 members (excludes halogenated alkanes) is 10. The van der Waals surface area contributed by atoms with Gasteiger partial charge in [0.15, 0.2) is 0 Å². The molecule has 0 spiro atoms. The average molecular weight is 515 g/mol. The molecule has 0 aromatic heterocycles. The van der Waals surface area contributed by atoms with Crippen LogP contribution in [-0.4, -0.2) is 18.1 Å². The molecule has 0 saturated heterocycles. The van der Waals surface area contributed by atoms with Gasteiger partial charge in [0.05, 0.1) is 11.8 Å². The lowest BCUT2D eigenvalue weighted by Gasteiger charge is -2.11. The minimum absolute atomic E-state index is 0.101. The zero-order valence-corrected chi connectivity index (χ0v) is 23.0. The number of ether oxygens (including phenoxy) is 1. The number of aryl methyl sites for hydroxylation is 1. The second kappa shape index (κ2) is 16.4. The number of esters is 1. The first kappa shape index (κ1) is 29.1. The van der Waals surface area contributed by atoms with E-state index < -0.39 is 5.97 Å². The van der Waals surface area contributed by atoms with Crippen LogP contribution in [-0.2, 0) is 4.79 Å². The summed E-state index contributed by atoms with van der Waals surface area (Å²) in [5.41, 5.74) is 4.77. The Kier molecular flexibility index (Phi) is 12.5. The fraction of sp³-hybridized carbons (Fsp3) is 0.424. The van der Waals surface area contributed by atoms with Crippen molar-refractivity contribution in [2.45, 2.75) is 90.9 Å². The molecule has 0 aliphatic carbocycles. The van der Waals surface area contributed by atoms with Gasteiger partial charge in [0.2, 0.25) is 5.91 Å². The summed E-state index contributed by atoms with van der Waals surface area (Å²) in [6.07, 6.45) is 15.8. The summed E-state index contributed by atoms with van der Waals surface area (Å²) < 4.78 is 5.75. The molecule has 202 valence electrons. The molecular weight excluding hydrogens is 472 g/mol. The molecule has 3 aromatic rings. The highest BCUT2D eigenvalue weighted by molar-refractivity contribution is 6.04. The molecule has 0 fully saturated rings. The van der Waals surface area contributed by atoms with Crippen molar-refractivity contribution < 1.29 is 14.3 Å². The number of nitrogens with zero attached hydrogens (tertiary/aromatic N) is 1. The lowest BCUT2D eigenvalue weighted by atomic mass is 10.0. The van der Waals surface area contributed by atoms with Crippen LogP contribution in [0.4, 0.5) is 0 Å². The quantitative estimate of drug-likeness (QED) is 0.0685. The van der Waals surface area contributed by atoms with E-state index in [9.17, 15) is 9.59 Å². The summed E-state index contributed by atoms with van der Waals surface area (Å²) in [5, 5.41) is 6.09. The van der Waals surface area contributed by atoms with E-state index >= 15 is 0 Å². The number of fused-ring (bicyclic) bond motifs is 1. The monoisotopic (exact) mass is 514 g/mol. The van der Waals surface area contributed by atoms with Gasteiger partial charge in [-0.1, -0.05) is 119 Å². The van der Waals surface area contributed by atoms with Crippen molar-refractivity contribution in [3.05, 3.63) is 77.4 Å². The second-order valence-corrected chi connectivity index (χ2v) is 10.0. The number of benzene rings is 3.